The van der Waals surface area contributed by atoms with Gasteiger partial charge in [0, 0.05) is 19.4 Å². The molecule has 0 unspecified atom stereocenters. The average Bonchev–Trinajstić information content (AvgIpc) is 3.39. The Bertz CT molecular complexity index is 1000. The van der Waals surface area contributed by atoms with Gasteiger partial charge in [0.2, 0.25) is 11.6 Å². The van der Waals surface area contributed by atoms with Crippen molar-refractivity contribution in [1.29, 1.82) is 0 Å². The highest BCUT2D eigenvalue weighted by Gasteiger charge is 2.61. The van der Waals surface area contributed by atoms with Gasteiger partial charge in [0.25, 0.3) is 11.8 Å². The number of amides is 3. The molecule has 4 rings (SSSR count). The molecule has 9 heteroatoms. The van der Waals surface area contributed by atoms with Gasteiger partial charge in [-0.2, -0.15) is 0 Å². The van der Waals surface area contributed by atoms with E-state index in [4.69, 9.17) is 9.15 Å². The van der Waals surface area contributed by atoms with Crippen molar-refractivity contribution in [3.05, 3.63) is 54.0 Å². The first-order valence-electron chi connectivity index (χ1n) is 9.69. The molecule has 0 spiro atoms. The number of rotatable bonds is 6. The maximum Gasteiger partial charge on any atom is 0.354 e. The van der Waals surface area contributed by atoms with Crippen molar-refractivity contribution in [2.75, 3.05) is 18.1 Å². The van der Waals surface area contributed by atoms with Gasteiger partial charge in [0.15, 0.2) is 6.61 Å². The minimum absolute atomic E-state index is 0.0951. The third-order valence-corrected chi connectivity index (χ3v) is 5.39. The molecule has 1 atom stereocenters. The Morgan fingerprint density at radius 1 is 1.20 bits per heavy atom. The summed E-state index contributed by atoms with van der Waals surface area (Å²) in [5, 5.41) is 2.59. The molecule has 1 N–H and O–H groups in total. The van der Waals surface area contributed by atoms with E-state index < -0.39 is 24.1 Å². The molecule has 1 aromatic carbocycles. The average molecular weight is 411 g/mol. The Balaban J connectivity index is 1.56. The number of hydrogen-bond donors (Lipinski definition) is 1. The molecular formula is C21H21N3O6. The van der Waals surface area contributed by atoms with Crippen LogP contribution in [0.4, 0.5) is 5.69 Å². The van der Waals surface area contributed by atoms with Crippen LogP contribution in [0.1, 0.15) is 35.9 Å². The number of para-hydroxylation sites is 1. The molecule has 156 valence electrons. The SMILES string of the molecule is CCN1C(=O)c2ccccc2N2C(=O)CC[C@]12C(=O)OCC(=O)NCc1ccco1. The van der Waals surface area contributed by atoms with Gasteiger partial charge in [-0.15, -0.1) is 0 Å². The lowest BCUT2D eigenvalue weighted by molar-refractivity contribution is -0.160. The summed E-state index contributed by atoms with van der Waals surface area (Å²) in [4.78, 5) is 53.8. The Kier molecular flexibility index (Phi) is 5.03. The van der Waals surface area contributed by atoms with Crippen molar-refractivity contribution in [1.82, 2.24) is 10.2 Å². The maximum atomic E-state index is 13.2. The number of carbonyl (C=O) groups is 4. The number of nitrogens with zero attached hydrogens (tertiary/aromatic N) is 2. The van der Waals surface area contributed by atoms with Crippen LogP contribution < -0.4 is 10.2 Å². The molecule has 0 radical (unpaired) electrons. The molecule has 1 saturated heterocycles. The standard InChI is InChI=1S/C21H21N3O6/c1-2-23-19(27)15-7-3-4-8-16(15)24-18(26)9-10-21(23,24)20(28)30-13-17(25)22-12-14-6-5-11-29-14/h3-8,11H,2,9-10,12-13H2,1H3,(H,22,25)/t21-/m0/s1. The summed E-state index contributed by atoms with van der Waals surface area (Å²) in [6.45, 7) is 1.57. The number of nitrogens with one attached hydrogen (secondary N) is 1. The van der Waals surface area contributed by atoms with Crippen LogP contribution in [-0.2, 0) is 25.7 Å². The lowest BCUT2D eigenvalue weighted by Gasteiger charge is -2.47. The van der Waals surface area contributed by atoms with Crippen LogP contribution in [0.15, 0.2) is 47.1 Å². The summed E-state index contributed by atoms with van der Waals surface area (Å²) >= 11 is 0. The lowest BCUT2D eigenvalue weighted by atomic mass is 9.96. The summed E-state index contributed by atoms with van der Waals surface area (Å²) in [7, 11) is 0. The Hall–Kier alpha value is -3.62. The molecule has 2 aliphatic heterocycles. The predicted molar refractivity (Wildman–Crippen MR) is 104 cm³/mol. The fourth-order valence-electron chi connectivity index (χ4n) is 4.07. The quantitative estimate of drug-likeness (QED) is 0.721. The minimum atomic E-state index is -1.58. The molecule has 0 saturated carbocycles. The number of likely N-dealkylation sites (N-methyl/N-ethyl adjacent to an activating group) is 1. The van der Waals surface area contributed by atoms with Gasteiger partial charge >= 0.3 is 5.97 Å². The third-order valence-electron chi connectivity index (χ3n) is 5.39. The van der Waals surface area contributed by atoms with E-state index in [0.29, 0.717) is 17.0 Å². The first-order valence-corrected chi connectivity index (χ1v) is 9.69. The van der Waals surface area contributed by atoms with Crippen LogP contribution in [0.25, 0.3) is 0 Å². The van der Waals surface area contributed by atoms with Gasteiger partial charge < -0.3 is 19.4 Å². The zero-order valence-electron chi connectivity index (χ0n) is 16.4. The summed E-state index contributed by atoms with van der Waals surface area (Å²) < 4.78 is 10.4. The molecule has 0 bridgehead atoms. The van der Waals surface area contributed by atoms with Crippen LogP contribution in [0.5, 0.6) is 0 Å². The van der Waals surface area contributed by atoms with Crippen molar-refractivity contribution < 1.29 is 28.3 Å². The van der Waals surface area contributed by atoms with Gasteiger partial charge in [0.1, 0.15) is 5.76 Å². The molecule has 9 nitrogen and oxygen atoms in total. The van der Waals surface area contributed by atoms with Crippen molar-refractivity contribution >= 4 is 29.4 Å². The molecule has 3 amide bonds. The molecule has 3 heterocycles. The second-order valence-corrected chi connectivity index (χ2v) is 7.04. The monoisotopic (exact) mass is 411 g/mol. The molecule has 1 aromatic heterocycles. The molecule has 1 fully saturated rings. The lowest BCUT2D eigenvalue weighted by Crippen LogP contribution is -2.68. The van der Waals surface area contributed by atoms with Crippen molar-refractivity contribution in [2.24, 2.45) is 0 Å². The first-order chi connectivity index (χ1) is 14.5. The highest BCUT2D eigenvalue weighted by atomic mass is 16.5. The predicted octanol–water partition coefficient (Wildman–Crippen LogP) is 1.44. The van der Waals surface area contributed by atoms with Crippen LogP contribution >= 0.6 is 0 Å². The smallest absolute Gasteiger partial charge is 0.354 e. The van der Waals surface area contributed by atoms with E-state index in [0.717, 1.165) is 0 Å². The van der Waals surface area contributed by atoms with Gasteiger partial charge in [-0.05, 0) is 31.2 Å². The van der Waals surface area contributed by atoms with E-state index in [1.807, 2.05) is 0 Å². The van der Waals surface area contributed by atoms with E-state index in [9.17, 15) is 19.2 Å². The molecular weight excluding hydrogens is 390 g/mol. The van der Waals surface area contributed by atoms with Crippen LogP contribution in [0.3, 0.4) is 0 Å². The van der Waals surface area contributed by atoms with Crippen LogP contribution in [-0.4, -0.2) is 47.4 Å². The van der Waals surface area contributed by atoms with E-state index in [2.05, 4.69) is 5.32 Å². The highest BCUT2D eigenvalue weighted by molar-refractivity contribution is 6.15. The number of hydrogen-bond acceptors (Lipinski definition) is 6. The van der Waals surface area contributed by atoms with E-state index in [1.54, 1.807) is 43.3 Å². The normalized spacial score (nSPS) is 20.0. The zero-order valence-corrected chi connectivity index (χ0v) is 16.4. The second-order valence-electron chi connectivity index (χ2n) is 7.04. The summed E-state index contributed by atoms with van der Waals surface area (Å²) in [6, 6.07) is 10.1. The molecule has 30 heavy (non-hydrogen) atoms. The van der Waals surface area contributed by atoms with Gasteiger partial charge in [-0.3, -0.25) is 19.3 Å². The van der Waals surface area contributed by atoms with Gasteiger partial charge in [-0.1, -0.05) is 12.1 Å². The fraction of sp³-hybridized carbons (Fsp3) is 0.333. The largest absolute Gasteiger partial charge is 0.467 e. The number of esters is 1. The van der Waals surface area contributed by atoms with E-state index >= 15 is 0 Å². The number of carbonyl (C=O) groups excluding carboxylic acids is 4. The minimum Gasteiger partial charge on any atom is -0.467 e. The Labute approximate surface area is 172 Å². The van der Waals surface area contributed by atoms with Crippen LogP contribution in [0, 0.1) is 0 Å². The van der Waals surface area contributed by atoms with Gasteiger partial charge in [0.05, 0.1) is 24.1 Å². The molecule has 0 aliphatic carbocycles. The Morgan fingerprint density at radius 2 is 2.00 bits per heavy atom. The van der Waals surface area contributed by atoms with Crippen molar-refractivity contribution in [3.63, 3.8) is 0 Å². The topological polar surface area (TPSA) is 109 Å². The van der Waals surface area contributed by atoms with E-state index in [-0.39, 0.29) is 37.7 Å². The number of ether oxygens (including phenoxy) is 1. The number of furan rings is 1. The number of anilines is 1. The van der Waals surface area contributed by atoms with Crippen molar-refractivity contribution in [3.8, 4) is 0 Å². The summed E-state index contributed by atoms with van der Waals surface area (Å²) in [6.07, 6.45) is 1.69. The highest BCUT2D eigenvalue weighted by Crippen LogP contribution is 2.44. The first kappa shape index (κ1) is 19.7. The number of fused-ring (bicyclic) bond motifs is 3. The molecule has 2 aromatic rings. The summed E-state index contributed by atoms with van der Waals surface area (Å²) in [5.41, 5.74) is -0.846. The number of benzene rings is 1. The fourth-order valence-corrected chi connectivity index (χ4v) is 4.07. The third kappa shape index (κ3) is 3.02. The van der Waals surface area contributed by atoms with Crippen LogP contribution in [0.2, 0.25) is 0 Å². The second kappa shape index (κ2) is 7.66. The molecule has 2 aliphatic rings. The maximum absolute atomic E-state index is 13.2. The van der Waals surface area contributed by atoms with E-state index in [1.165, 1.54) is 16.1 Å². The Morgan fingerprint density at radius 3 is 2.73 bits per heavy atom. The van der Waals surface area contributed by atoms with Crippen molar-refractivity contribution in [2.45, 2.75) is 32.0 Å². The van der Waals surface area contributed by atoms with Gasteiger partial charge in [-0.25, -0.2) is 4.79 Å². The summed E-state index contributed by atoms with van der Waals surface area (Å²) in [5.74, 6) is -1.37. The zero-order chi connectivity index (χ0) is 21.3.